The number of anilines is 1. The van der Waals surface area contributed by atoms with Crippen LogP contribution < -0.4 is 37.4 Å². The molecule has 376 valence electrons. The van der Waals surface area contributed by atoms with E-state index in [1.165, 1.54) is 0 Å². The van der Waals surface area contributed by atoms with Crippen LogP contribution in [0.5, 0.6) is 0 Å². The zero-order valence-electron chi connectivity index (χ0n) is 42.5. The number of hydrogen-bond donors (Lipinski definition) is 5. The van der Waals surface area contributed by atoms with Crippen LogP contribution in [0.2, 0.25) is 5.04 Å². The Kier molecular flexibility index (Phi) is 17.5. The Bertz CT molecular complexity index is 2560. The van der Waals surface area contributed by atoms with Gasteiger partial charge in [0.1, 0.15) is 17.7 Å². The summed E-state index contributed by atoms with van der Waals surface area (Å²) in [6, 6.07) is 39.2. The van der Waals surface area contributed by atoms with Gasteiger partial charge in [-0.3, -0.25) is 9.59 Å². The molecule has 0 saturated heterocycles. The first-order valence-electron chi connectivity index (χ1n) is 24.4. The van der Waals surface area contributed by atoms with Crippen molar-refractivity contribution in [2.24, 2.45) is 11.7 Å². The summed E-state index contributed by atoms with van der Waals surface area (Å²) in [5.74, 6) is -1.49. The van der Waals surface area contributed by atoms with Crippen LogP contribution >= 0.6 is 0 Å². The predicted octanol–water partition coefficient (Wildman–Crippen LogP) is 8.91. The van der Waals surface area contributed by atoms with E-state index >= 15 is 0 Å². The van der Waals surface area contributed by atoms with Crippen LogP contribution in [0.4, 0.5) is 20.1 Å². The number of nitrogens with two attached hydrogens (primary N) is 1. The number of urea groups is 1. The number of carbonyl (C=O) groups is 5. The summed E-state index contributed by atoms with van der Waals surface area (Å²) < 4.78 is 19.2. The minimum Gasteiger partial charge on any atom is -0.444 e. The van der Waals surface area contributed by atoms with Gasteiger partial charge in [-0.25, -0.2) is 14.4 Å². The largest absolute Gasteiger partial charge is 0.444 e. The minimum absolute atomic E-state index is 0.111. The highest BCUT2D eigenvalue weighted by atomic mass is 28.4. The number of primary amides is 1. The van der Waals surface area contributed by atoms with Crippen LogP contribution in [0.3, 0.4) is 0 Å². The van der Waals surface area contributed by atoms with Gasteiger partial charge in [0.15, 0.2) is 6.10 Å². The fourth-order valence-electron chi connectivity index (χ4n) is 9.11. The third-order valence-corrected chi connectivity index (χ3v) is 17.5. The summed E-state index contributed by atoms with van der Waals surface area (Å²) >= 11 is 0. The quantitative estimate of drug-likeness (QED) is 0.0400. The molecule has 5 aromatic rings. The molecule has 0 saturated carbocycles. The molecule has 14 nitrogen and oxygen atoms in total. The van der Waals surface area contributed by atoms with Crippen molar-refractivity contribution in [3.8, 4) is 11.1 Å². The van der Waals surface area contributed by atoms with Crippen LogP contribution in [0.15, 0.2) is 127 Å². The monoisotopic (exact) mass is 983 g/mol. The van der Waals surface area contributed by atoms with Crippen LogP contribution in [0, 0.1) is 5.92 Å². The van der Waals surface area contributed by atoms with Gasteiger partial charge in [-0.15, -0.1) is 0 Å². The summed E-state index contributed by atoms with van der Waals surface area (Å²) in [6.07, 6.45) is -1.47. The molecule has 71 heavy (non-hydrogen) atoms. The fraction of sp³-hybridized carbons (Fsp3) is 0.375. The summed E-state index contributed by atoms with van der Waals surface area (Å²) in [5.41, 5.74) is 10.3. The van der Waals surface area contributed by atoms with Crippen molar-refractivity contribution in [2.45, 2.75) is 117 Å². The van der Waals surface area contributed by atoms with E-state index in [-0.39, 0.29) is 37.1 Å². The maximum Gasteiger partial charge on any atom is 0.411 e. The van der Waals surface area contributed by atoms with Gasteiger partial charge in [-0.05, 0) is 96.3 Å². The molecule has 0 spiro atoms. The number of benzene rings is 5. The molecule has 0 radical (unpaired) electrons. The molecule has 0 aliphatic heterocycles. The first-order chi connectivity index (χ1) is 33.7. The first kappa shape index (κ1) is 53.4. The van der Waals surface area contributed by atoms with Gasteiger partial charge in [0.25, 0.3) is 8.32 Å². The second kappa shape index (κ2) is 23.3. The van der Waals surface area contributed by atoms with Crippen molar-refractivity contribution in [3.05, 3.63) is 150 Å². The van der Waals surface area contributed by atoms with Crippen molar-refractivity contribution >= 4 is 54.4 Å². The molecule has 1 aliphatic carbocycles. The maximum atomic E-state index is 14.4. The molecular weight excluding hydrogens is 913 g/mol. The highest BCUT2D eigenvalue weighted by molar-refractivity contribution is 6.99. The van der Waals surface area contributed by atoms with Gasteiger partial charge in [-0.2, -0.15) is 0 Å². The molecule has 0 aromatic heterocycles. The van der Waals surface area contributed by atoms with Gasteiger partial charge in [0.05, 0.1) is 6.61 Å². The van der Waals surface area contributed by atoms with Crippen molar-refractivity contribution in [3.63, 3.8) is 0 Å². The number of alkyl carbamates (subject to hydrolysis) is 1. The zero-order chi connectivity index (χ0) is 51.5. The zero-order valence-corrected chi connectivity index (χ0v) is 43.5. The van der Waals surface area contributed by atoms with Gasteiger partial charge in [0.2, 0.25) is 11.8 Å². The Labute approximate surface area is 419 Å². The van der Waals surface area contributed by atoms with E-state index in [9.17, 15) is 24.0 Å². The second-order valence-corrected chi connectivity index (χ2v) is 24.5. The molecule has 0 heterocycles. The summed E-state index contributed by atoms with van der Waals surface area (Å²) in [5, 5.41) is 12.9. The van der Waals surface area contributed by atoms with Gasteiger partial charge >= 0.3 is 18.2 Å². The Morgan fingerprint density at radius 1 is 0.718 bits per heavy atom. The highest BCUT2D eigenvalue weighted by Gasteiger charge is 2.50. The SMILES string of the molecule is CCN(Cc1cc(NC(=O)[C@H](CCCNC(N)=O)NC(=O)[C@@H](NC(=O)OC(C)(C)C)C(C)C)ccc1CO[Si](c1ccccc1)(c1ccccc1)C(C)(C)C)C(=O)OC1c2ccccc2-c2ccccc21. The average Bonchev–Trinajstić information content (AvgIpc) is 3.63. The Balaban J connectivity index is 1.34. The molecule has 0 bridgehead atoms. The van der Waals surface area contributed by atoms with E-state index in [0.29, 0.717) is 24.2 Å². The summed E-state index contributed by atoms with van der Waals surface area (Å²) in [6.45, 7) is 18.0. The molecule has 6 amide bonds. The van der Waals surface area contributed by atoms with E-state index in [1.807, 2.05) is 104 Å². The smallest absolute Gasteiger partial charge is 0.411 e. The first-order valence-corrected chi connectivity index (χ1v) is 26.3. The van der Waals surface area contributed by atoms with E-state index in [0.717, 1.165) is 38.2 Å². The average molecular weight is 983 g/mol. The normalized spacial score (nSPS) is 13.3. The molecule has 15 heteroatoms. The van der Waals surface area contributed by atoms with Crippen LogP contribution in [0.1, 0.15) is 104 Å². The van der Waals surface area contributed by atoms with Gasteiger partial charge in [-0.1, -0.05) is 150 Å². The van der Waals surface area contributed by atoms with Crippen molar-refractivity contribution in [2.75, 3.05) is 18.4 Å². The standard InChI is InChI=1S/C56H70N6O8Si/c1-10-62(54(67)69-49-45-28-19-17-26-43(45)44-27-18-20-29-46(44)49)35-39-34-40(32-31-38(39)36-68-71(56(7,8)9,41-22-13-11-14-23-41)42-24-15-12-16-25-42)59-50(63)47(30-21-33-58-52(57)65)60-51(64)48(37(2)3)61-53(66)70-55(4,5)6/h11-20,22-29,31-32,34,37,47-49H,10,21,30,33,35-36H2,1-9H3,(H,59,63)(H,60,64)(H,61,66)(H3,57,58,65)/t47-,48-/m0/s1. The molecule has 5 aromatic carbocycles. The van der Waals surface area contributed by atoms with E-state index in [1.54, 1.807) is 45.6 Å². The number of amides is 6. The lowest BCUT2D eigenvalue weighted by Crippen LogP contribution is -2.66. The Hall–Kier alpha value is -6.97. The van der Waals surface area contributed by atoms with Crippen LogP contribution in [0.25, 0.3) is 11.1 Å². The minimum atomic E-state index is -3.03. The lowest BCUT2D eigenvalue weighted by atomic mass is 10.0. The molecule has 2 atom stereocenters. The third-order valence-electron chi connectivity index (χ3n) is 12.6. The number of nitrogens with zero attached hydrogens (tertiary/aromatic N) is 1. The van der Waals surface area contributed by atoms with E-state index in [4.69, 9.17) is 19.6 Å². The number of fused-ring (bicyclic) bond motifs is 3. The summed E-state index contributed by atoms with van der Waals surface area (Å²) in [4.78, 5) is 68.7. The molecular formula is C56H70N6O8Si. The lowest BCUT2D eigenvalue weighted by molar-refractivity contribution is -0.128. The third kappa shape index (κ3) is 13.3. The molecule has 0 unspecified atom stereocenters. The summed E-state index contributed by atoms with van der Waals surface area (Å²) in [7, 11) is -3.03. The number of nitrogens with one attached hydrogen (secondary N) is 4. The van der Waals surface area contributed by atoms with Crippen molar-refractivity contribution < 1.29 is 37.9 Å². The van der Waals surface area contributed by atoms with E-state index in [2.05, 4.69) is 66.3 Å². The molecule has 1 aliphatic rings. The molecule has 6 N–H and O–H groups in total. The predicted molar refractivity (Wildman–Crippen MR) is 281 cm³/mol. The topological polar surface area (TPSA) is 190 Å². The molecule has 6 rings (SSSR count). The Morgan fingerprint density at radius 2 is 1.28 bits per heavy atom. The highest BCUT2D eigenvalue weighted by Crippen LogP contribution is 2.45. The number of carbonyl (C=O) groups excluding carboxylic acids is 5. The number of ether oxygens (including phenoxy) is 2. The van der Waals surface area contributed by atoms with Gasteiger partial charge < -0.3 is 45.8 Å². The maximum absolute atomic E-state index is 14.4. The van der Waals surface area contributed by atoms with Crippen molar-refractivity contribution in [1.82, 2.24) is 20.9 Å². The Morgan fingerprint density at radius 3 is 1.80 bits per heavy atom. The molecule has 0 fully saturated rings. The number of hydrogen-bond acceptors (Lipinski definition) is 8. The fourth-order valence-corrected chi connectivity index (χ4v) is 13.6. The lowest BCUT2D eigenvalue weighted by Gasteiger charge is -2.43. The van der Waals surface area contributed by atoms with Crippen LogP contribution in [-0.2, 0) is 36.6 Å². The van der Waals surface area contributed by atoms with Crippen LogP contribution in [-0.4, -0.2) is 74.0 Å². The van der Waals surface area contributed by atoms with Crippen molar-refractivity contribution in [1.29, 1.82) is 0 Å². The van der Waals surface area contributed by atoms with E-state index < -0.39 is 62.1 Å². The number of rotatable bonds is 19. The second-order valence-electron chi connectivity index (χ2n) is 20.2. The van der Waals surface area contributed by atoms with Gasteiger partial charge in [0, 0.05) is 36.4 Å².